The second-order valence-corrected chi connectivity index (χ2v) is 2.04. The van der Waals surface area contributed by atoms with Crippen molar-refractivity contribution in [1.82, 2.24) is 0 Å². The predicted molar refractivity (Wildman–Crippen MR) is 41.2 cm³/mol. The fraction of sp³-hybridized carbons (Fsp3) is 0.250. The molecule has 0 amide bonds. The van der Waals surface area contributed by atoms with Crippen molar-refractivity contribution in [2.45, 2.75) is 0 Å². The number of benzene rings is 1. The molecule has 1 N–H and O–H groups in total. The summed E-state index contributed by atoms with van der Waals surface area (Å²) in [5, 5.41) is 9.15. The minimum Gasteiger partial charge on any atom is -0.504 e. The van der Waals surface area contributed by atoms with Crippen LogP contribution in [-0.4, -0.2) is 19.3 Å². The van der Waals surface area contributed by atoms with Crippen LogP contribution in [0.2, 0.25) is 0 Å². The molecule has 3 nitrogen and oxygen atoms in total. The van der Waals surface area contributed by atoms with E-state index in [2.05, 4.69) is 0 Å². The first kappa shape index (κ1) is 11.3. The van der Waals surface area contributed by atoms with E-state index in [1.165, 1.54) is 13.2 Å². The van der Waals surface area contributed by atoms with Crippen molar-refractivity contribution >= 4 is 0 Å². The molecule has 0 spiro atoms. The molecule has 0 aromatic heterocycles. The third-order valence-corrected chi connectivity index (χ3v) is 1.39. The van der Waals surface area contributed by atoms with Crippen molar-refractivity contribution in [3.8, 4) is 17.2 Å². The third kappa shape index (κ3) is 2.43. The molecular formula is C8H10O3Ti. The third-order valence-electron chi connectivity index (χ3n) is 1.39. The quantitative estimate of drug-likeness (QED) is 0.736. The molecule has 0 atom stereocenters. The van der Waals surface area contributed by atoms with Crippen LogP contribution in [0.4, 0.5) is 0 Å². The zero-order chi connectivity index (χ0) is 8.27. The van der Waals surface area contributed by atoms with Gasteiger partial charge in [-0.3, -0.25) is 0 Å². The Bertz CT molecular complexity index is 250. The molecule has 0 unspecified atom stereocenters. The van der Waals surface area contributed by atoms with E-state index in [4.69, 9.17) is 14.6 Å². The molecule has 4 heteroatoms. The summed E-state index contributed by atoms with van der Waals surface area (Å²) in [6, 6.07) is 4.81. The monoisotopic (exact) mass is 202 g/mol. The van der Waals surface area contributed by atoms with Gasteiger partial charge in [-0.15, -0.1) is 0 Å². The zero-order valence-corrected chi connectivity index (χ0v) is 8.56. The van der Waals surface area contributed by atoms with Crippen LogP contribution < -0.4 is 9.47 Å². The molecule has 0 aliphatic heterocycles. The summed E-state index contributed by atoms with van der Waals surface area (Å²) < 4.78 is 9.78. The van der Waals surface area contributed by atoms with Gasteiger partial charge in [0, 0.05) is 27.8 Å². The molecule has 0 radical (unpaired) electrons. The van der Waals surface area contributed by atoms with Crippen molar-refractivity contribution < 1.29 is 36.3 Å². The van der Waals surface area contributed by atoms with Crippen LogP contribution in [-0.2, 0) is 21.7 Å². The molecule has 0 aliphatic rings. The maximum atomic E-state index is 9.15. The number of hydrogen-bond acceptors (Lipinski definition) is 3. The largest absolute Gasteiger partial charge is 0.504 e. The Kier molecular flexibility index (Phi) is 4.78. The molecular weight excluding hydrogens is 192 g/mol. The molecule has 64 valence electrons. The van der Waals surface area contributed by atoms with Gasteiger partial charge in [-0.25, -0.2) is 0 Å². The van der Waals surface area contributed by atoms with Crippen molar-refractivity contribution in [2.75, 3.05) is 14.2 Å². The number of aromatic hydroxyl groups is 1. The number of methoxy groups -OCH3 is 2. The average Bonchev–Trinajstić information content (AvgIpc) is 2.05. The minimum absolute atomic E-state index is 0. The normalized spacial score (nSPS) is 8.50. The van der Waals surface area contributed by atoms with Crippen LogP contribution in [0.5, 0.6) is 17.2 Å². The second-order valence-electron chi connectivity index (χ2n) is 2.04. The molecule has 0 fully saturated rings. The number of rotatable bonds is 2. The molecule has 0 saturated heterocycles. The van der Waals surface area contributed by atoms with Crippen LogP contribution in [0.15, 0.2) is 18.2 Å². The summed E-state index contributed by atoms with van der Waals surface area (Å²) in [7, 11) is 3.06. The second kappa shape index (κ2) is 5.06. The Hall–Kier alpha value is -0.666. The summed E-state index contributed by atoms with van der Waals surface area (Å²) >= 11 is 0. The van der Waals surface area contributed by atoms with Crippen molar-refractivity contribution in [2.24, 2.45) is 0 Å². The Labute approximate surface area is 86.2 Å². The van der Waals surface area contributed by atoms with Crippen LogP contribution in [0.1, 0.15) is 0 Å². The summed E-state index contributed by atoms with van der Waals surface area (Å²) in [4.78, 5) is 0. The SMILES string of the molecule is COc1ccc(O)c(OC)c1.[Ti]. The standard InChI is InChI=1S/C8H10O3.Ti/c1-10-6-3-4-7(9)8(5-6)11-2;/h3-5,9H,1-2H3;. The fourth-order valence-electron chi connectivity index (χ4n) is 0.785. The Morgan fingerprint density at radius 3 is 2.33 bits per heavy atom. The topological polar surface area (TPSA) is 38.7 Å². The summed E-state index contributed by atoms with van der Waals surface area (Å²) in [5.41, 5.74) is 0. The van der Waals surface area contributed by atoms with E-state index >= 15 is 0 Å². The molecule has 1 aromatic rings. The molecule has 1 rings (SSSR count). The number of hydrogen-bond donors (Lipinski definition) is 1. The first-order valence-corrected chi connectivity index (χ1v) is 3.19. The van der Waals surface area contributed by atoms with E-state index in [0.29, 0.717) is 11.5 Å². The Morgan fingerprint density at radius 1 is 1.17 bits per heavy atom. The van der Waals surface area contributed by atoms with Gasteiger partial charge >= 0.3 is 0 Å². The van der Waals surface area contributed by atoms with E-state index in [9.17, 15) is 0 Å². The van der Waals surface area contributed by atoms with Gasteiger partial charge in [0.25, 0.3) is 0 Å². The van der Waals surface area contributed by atoms with E-state index < -0.39 is 0 Å². The molecule has 12 heavy (non-hydrogen) atoms. The van der Waals surface area contributed by atoms with Gasteiger partial charge in [-0.05, 0) is 12.1 Å². The van der Waals surface area contributed by atoms with Gasteiger partial charge < -0.3 is 14.6 Å². The van der Waals surface area contributed by atoms with Gasteiger partial charge in [0.2, 0.25) is 0 Å². The number of phenols is 1. The Balaban J connectivity index is 0.00000121. The maximum absolute atomic E-state index is 9.15. The van der Waals surface area contributed by atoms with Crippen molar-refractivity contribution in [1.29, 1.82) is 0 Å². The van der Waals surface area contributed by atoms with Crippen molar-refractivity contribution in [3.05, 3.63) is 18.2 Å². The van der Waals surface area contributed by atoms with Crippen LogP contribution >= 0.6 is 0 Å². The van der Waals surface area contributed by atoms with Gasteiger partial charge in [0.15, 0.2) is 11.5 Å². The Morgan fingerprint density at radius 2 is 1.83 bits per heavy atom. The van der Waals surface area contributed by atoms with Crippen molar-refractivity contribution in [3.63, 3.8) is 0 Å². The molecule has 0 saturated carbocycles. The fourth-order valence-corrected chi connectivity index (χ4v) is 0.785. The zero-order valence-electron chi connectivity index (χ0n) is 7.00. The van der Waals surface area contributed by atoms with Crippen LogP contribution in [0.25, 0.3) is 0 Å². The molecule has 1 aromatic carbocycles. The summed E-state index contributed by atoms with van der Waals surface area (Å²) in [5.74, 6) is 1.21. The first-order valence-electron chi connectivity index (χ1n) is 3.19. The van der Waals surface area contributed by atoms with Gasteiger partial charge in [-0.2, -0.15) is 0 Å². The number of phenolic OH excluding ortho intramolecular Hbond substituents is 1. The summed E-state index contributed by atoms with van der Waals surface area (Å²) in [6.07, 6.45) is 0. The van der Waals surface area contributed by atoms with Gasteiger partial charge in [0.1, 0.15) is 5.75 Å². The smallest absolute Gasteiger partial charge is 0.164 e. The predicted octanol–water partition coefficient (Wildman–Crippen LogP) is 1.41. The van der Waals surface area contributed by atoms with Gasteiger partial charge in [-0.1, -0.05) is 0 Å². The number of ether oxygens (including phenoxy) is 2. The van der Waals surface area contributed by atoms with E-state index in [1.54, 1.807) is 19.2 Å². The average molecular weight is 202 g/mol. The first-order chi connectivity index (χ1) is 5.27. The minimum atomic E-state index is 0. The molecule has 0 aliphatic carbocycles. The molecule has 0 bridgehead atoms. The summed E-state index contributed by atoms with van der Waals surface area (Å²) in [6.45, 7) is 0. The van der Waals surface area contributed by atoms with Crippen LogP contribution in [0.3, 0.4) is 0 Å². The van der Waals surface area contributed by atoms with Gasteiger partial charge in [0.05, 0.1) is 14.2 Å². The van der Waals surface area contributed by atoms with E-state index in [-0.39, 0.29) is 27.5 Å². The molecule has 0 heterocycles. The maximum Gasteiger partial charge on any atom is 0.164 e. The van der Waals surface area contributed by atoms with E-state index in [0.717, 1.165) is 0 Å². The van der Waals surface area contributed by atoms with E-state index in [1.807, 2.05) is 0 Å². The van der Waals surface area contributed by atoms with Crippen LogP contribution in [0, 0.1) is 0 Å².